The van der Waals surface area contributed by atoms with Crippen LogP contribution in [-0.4, -0.2) is 64.4 Å². The molecule has 3 heterocycles. The van der Waals surface area contributed by atoms with Crippen LogP contribution in [0.25, 0.3) is 11.0 Å². The first-order chi connectivity index (χ1) is 19.8. The third-order valence-corrected chi connectivity index (χ3v) is 6.69. The van der Waals surface area contributed by atoms with Crippen LogP contribution in [0.5, 0.6) is 17.4 Å². The van der Waals surface area contributed by atoms with Crippen LogP contribution < -0.4 is 24.8 Å². The lowest BCUT2D eigenvalue weighted by Gasteiger charge is -2.28. The topological polar surface area (TPSA) is 169 Å². The molecule has 1 aliphatic carbocycles. The fraction of sp³-hybridized carbons (Fsp3) is 0.345. The molecule has 0 bridgehead atoms. The van der Waals surface area contributed by atoms with E-state index < -0.39 is 11.9 Å². The minimum Gasteiger partial charge on any atom is -0.486 e. The molecule has 0 atom stereocenters. The maximum Gasteiger partial charge on any atom is 0.328 e. The van der Waals surface area contributed by atoms with E-state index in [-0.39, 0.29) is 11.8 Å². The first kappa shape index (κ1) is 29.3. The van der Waals surface area contributed by atoms with E-state index in [9.17, 15) is 14.4 Å². The number of hydrogen-bond donors (Lipinski definition) is 4. The van der Waals surface area contributed by atoms with E-state index in [0.717, 1.165) is 49.2 Å². The van der Waals surface area contributed by atoms with Gasteiger partial charge in [0.2, 0.25) is 11.8 Å². The Morgan fingerprint density at radius 2 is 1.68 bits per heavy atom. The minimum atomic E-state index is -1.26. The summed E-state index contributed by atoms with van der Waals surface area (Å²) in [7, 11) is 1.57. The molecule has 216 valence electrons. The van der Waals surface area contributed by atoms with E-state index in [0.29, 0.717) is 48.5 Å². The van der Waals surface area contributed by atoms with E-state index in [1.54, 1.807) is 25.4 Å². The number of ether oxygens (including phenoxy) is 3. The molecule has 41 heavy (non-hydrogen) atoms. The highest BCUT2D eigenvalue weighted by Gasteiger charge is 2.26. The second-order valence-electron chi connectivity index (χ2n) is 9.49. The number of amides is 1. The van der Waals surface area contributed by atoms with E-state index in [1.165, 1.54) is 5.56 Å². The number of carboxylic acids is 2. The predicted octanol–water partition coefficient (Wildman–Crippen LogP) is 3.41. The molecular weight excluding hydrogens is 532 g/mol. The Morgan fingerprint density at radius 3 is 2.37 bits per heavy atom. The molecular formula is C29H32N4O8. The zero-order chi connectivity index (χ0) is 29.2. The number of anilines is 1. The Balaban J connectivity index is 0.000000426. The van der Waals surface area contributed by atoms with Crippen molar-refractivity contribution in [1.29, 1.82) is 0 Å². The minimum absolute atomic E-state index is 0.00818. The van der Waals surface area contributed by atoms with Gasteiger partial charge in [-0.1, -0.05) is 6.07 Å². The van der Waals surface area contributed by atoms with Gasteiger partial charge in [-0.25, -0.2) is 14.6 Å². The molecule has 1 fully saturated rings. The molecule has 2 aliphatic rings. The fourth-order valence-electron chi connectivity index (χ4n) is 4.62. The van der Waals surface area contributed by atoms with Gasteiger partial charge in [0, 0.05) is 42.9 Å². The van der Waals surface area contributed by atoms with Crippen LogP contribution in [0.4, 0.5) is 5.69 Å². The molecule has 0 saturated heterocycles. The van der Waals surface area contributed by atoms with Crippen molar-refractivity contribution in [1.82, 2.24) is 15.3 Å². The molecule has 4 N–H and O–H groups in total. The van der Waals surface area contributed by atoms with Gasteiger partial charge in [0.15, 0.2) is 11.5 Å². The number of carbonyl (C=O) groups is 3. The van der Waals surface area contributed by atoms with Crippen molar-refractivity contribution in [3.8, 4) is 17.4 Å². The summed E-state index contributed by atoms with van der Waals surface area (Å²) in [6, 6.07) is 11.9. The Morgan fingerprint density at radius 1 is 0.976 bits per heavy atom. The second-order valence-corrected chi connectivity index (χ2v) is 9.49. The lowest BCUT2D eigenvalue weighted by atomic mass is 9.85. The predicted molar refractivity (Wildman–Crippen MR) is 149 cm³/mol. The van der Waals surface area contributed by atoms with Crippen molar-refractivity contribution < 1.29 is 38.8 Å². The number of aromatic nitrogens is 2. The summed E-state index contributed by atoms with van der Waals surface area (Å²) >= 11 is 0. The van der Waals surface area contributed by atoms with Gasteiger partial charge in [0.25, 0.3) is 0 Å². The van der Waals surface area contributed by atoms with E-state index in [2.05, 4.69) is 26.7 Å². The number of nitrogens with one attached hydrogen (secondary N) is 2. The lowest BCUT2D eigenvalue weighted by molar-refractivity contribution is -0.134. The van der Waals surface area contributed by atoms with Gasteiger partial charge in [-0.2, -0.15) is 0 Å². The van der Waals surface area contributed by atoms with Gasteiger partial charge in [0.05, 0.1) is 18.3 Å². The maximum absolute atomic E-state index is 13.0. The van der Waals surface area contributed by atoms with Gasteiger partial charge in [0.1, 0.15) is 18.7 Å². The molecule has 1 aromatic carbocycles. The van der Waals surface area contributed by atoms with Crippen molar-refractivity contribution >= 4 is 34.6 Å². The summed E-state index contributed by atoms with van der Waals surface area (Å²) in [5.41, 5.74) is 3.20. The van der Waals surface area contributed by atoms with Gasteiger partial charge >= 0.3 is 11.9 Å². The van der Waals surface area contributed by atoms with Gasteiger partial charge in [-0.05, 0) is 55.5 Å². The second kappa shape index (κ2) is 14.1. The standard InChI is InChI=1S/C25H28N4O4.C4H4O4/c1-31-23-9-7-19-24(29-23)20(10-11-26-19)28-25(30)17-3-5-18(6-4-17)27-15-16-2-8-21-22(14-16)33-13-12-32-21;5-3(6)1-2-4(7)8/h2,7-11,14,17-18,27H,3-6,12-13,15H2,1H3,(H,26,28,30);1-2H,(H,5,6)(H,7,8)/b;2-1+. The summed E-state index contributed by atoms with van der Waals surface area (Å²) in [4.78, 5) is 40.8. The number of hydrogen-bond acceptors (Lipinski definition) is 9. The van der Waals surface area contributed by atoms with Gasteiger partial charge in [-0.15, -0.1) is 0 Å². The number of aliphatic carboxylic acids is 2. The average molecular weight is 565 g/mol. The van der Waals surface area contributed by atoms with Crippen LogP contribution in [0.2, 0.25) is 0 Å². The molecule has 1 aliphatic heterocycles. The third-order valence-electron chi connectivity index (χ3n) is 6.69. The summed E-state index contributed by atoms with van der Waals surface area (Å²) in [6.07, 6.45) is 6.43. The number of benzene rings is 1. The van der Waals surface area contributed by atoms with E-state index in [1.807, 2.05) is 18.2 Å². The van der Waals surface area contributed by atoms with E-state index >= 15 is 0 Å². The molecule has 0 unspecified atom stereocenters. The van der Waals surface area contributed by atoms with Crippen molar-refractivity contribution in [3.63, 3.8) is 0 Å². The Labute approximate surface area is 236 Å². The van der Waals surface area contributed by atoms with Gasteiger partial charge < -0.3 is 35.1 Å². The highest BCUT2D eigenvalue weighted by Crippen LogP contribution is 2.31. The van der Waals surface area contributed by atoms with E-state index in [4.69, 9.17) is 24.4 Å². The summed E-state index contributed by atoms with van der Waals surface area (Å²) < 4.78 is 16.5. The molecule has 1 saturated carbocycles. The average Bonchev–Trinajstić information content (AvgIpc) is 2.99. The summed E-state index contributed by atoms with van der Waals surface area (Å²) in [6.45, 7) is 1.97. The van der Waals surface area contributed by atoms with Gasteiger partial charge in [-0.3, -0.25) is 9.78 Å². The first-order valence-corrected chi connectivity index (χ1v) is 13.2. The number of rotatable bonds is 8. The zero-order valence-corrected chi connectivity index (χ0v) is 22.5. The smallest absolute Gasteiger partial charge is 0.328 e. The number of pyridine rings is 2. The number of methoxy groups -OCH3 is 1. The molecule has 5 rings (SSSR count). The van der Waals surface area contributed by atoms with Crippen LogP contribution in [0.1, 0.15) is 31.2 Å². The third kappa shape index (κ3) is 8.39. The molecule has 12 nitrogen and oxygen atoms in total. The van der Waals surface area contributed by atoms with Crippen LogP contribution >= 0.6 is 0 Å². The fourth-order valence-corrected chi connectivity index (χ4v) is 4.62. The molecule has 1 amide bonds. The quantitative estimate of drug-likeness (QED) is 0.296. The van der Waals surface area contributed by atoms with Crippen molar-refractivity contribution in [2.45, 2.75) is 38.3 Å². The first-order valence-electron chi connectivity index (χ1n) is 13.2. The SMILES string of the molecule is COc1ccc2nccc(NC(=O)C3CCC(NCc4ccc5c(c4)OCCO5)CC3)c2n1.O=C(O)/C=C/C(=O)O. The zero-order valence-electron chi connectivity index (χ0n) is 22.5. The van der Waals surface area contributed by atoms with Crippen LogP contribution in [-0.2, 0) is 20.9 Å². The molecule has 2 aromatic heterocycles. The maximum atomic E-state index is 13.0. The Bertz CT molecular complexity index is 1400. The molecule has 0 spiro atoms. The summed E-state index contributed by atoms with van der Waals surface area (Å²) in [5, 5.41) is 22.3. The number of carboxylic acid groups (broad SMARTS) is 2. The van der Waals surface area contributed by atoms with Crippen molar-refractivity contribution in [2.24, 2.45) is 5.92 Å². The largest absolute Gasteiger partial charge is 0.486 e. The van der Waals surface area contributed by atoms with Crippen molar-refractivity contribution in [3.05, 3.63) is 60.3 Å². The number of carbonyl (C=O) groups excluding carboxylic acids is 1. The van der Waals surface area contributed by atoms with Crippen LogP contribution in [0.3, 0.4) is 0 Å². The van der Waals surface area contributed by atoms with Crippen LogP contribution in [0.15, 0.2) is 54.7 Å². The number of fused-ring (bicyclic) bond motifs is 2. The highest BCUT2D eigenvalue weighted by molar-refractivity contribution is 6.00. The highest BCUT2D eigenvalue weighted by atomic mass is 16.6. The monoisotopic (exact) mass is 564 g/mol. The number of nitrogens with zero attached hydrogens (tertiary/aromatic N) is 2. The Hall–Kier alpha value is -4.71. The normalized spacial score (nSPS) is 17.8. The summed E-state index contributed by atoms with van der Waals surface area (Å²) in [5.74, 6) is -0.359. The lowest BCUT2D eigenvalue weighted by Crippen LogP contribution is -2.36. The molecule has 3 aromatic rings. The van der Waals surface area contributed by atoms with Crippen LogP contribution in [0, 0.1) is 5.92 Å². The molecule has 0 radical (unpaired) electrons. The Kier molecular flexibility index (Phi) is 10.1. The van der Waals surface area contributed by atoms with Crippen molar-refractivity contribution in [2.75, 3.05) is 25.6 Å². The molecule has 12 heteroatoms.